The summed E-state index contributed by atoms with van der Waals surface area (Å²) in [6.45, 7) is 0.266. The molecule has 0 saturated heterocycles. The molecule has 6 heteroatoms. The number of para-hydroxylation sites is 1. The van der Waals surface area contributed by atoms with Crippen LogP contribution in [-0.4, -0.2) is 30.3 Å². The van der Waals surface area contributed by atoms with Crippen LogP contribution in [0.1, 0.15) is 21.8 Å². The van der Waals surface area contributed by atoms with Crippen molar-refractivity contribution < 1.29 is 24.2 Å². The Hall–Kier alpha value is -3.02. The number of carboxylic acid groups (broad SMARTS) is 1. The van der Waals surface area contributed by atoms with Crippen molar-refractivity contribution in [3.8, 4) is 11.5 Å². The molecule has 0 fully saturated rings. The van der Waals surface area contributed by atoms with E-state index in [-0.39, 0.29) is 19.2 Å². The fraction of sp³-hybridized carbons (Fsp3) is 0.176. The van der Waals surface area contributed by atoms with Crippen LogP contribution in [0, 0.1) is 0 Å². The third-order valence-corrected chi connectivity index (χ3v) is 4.13. The van der Waals surface area contributed by atoms with Gasteiger partial charge in [0.2, 0.25) is 6.79 Å². The zero-order valence-electron chi connectivity index (χ0n) is 12.1. The zero-order valence-corrected chi connectivity index (χ0v) is 12.1. The van der Waals surface area contributed by atoms with Gasteiger partial charge in [-0.3, -0.25) is 9.59 Å². The summed E-state index contributed by atoms with van der Waals surface area (Å²) >= 11 is 0. The normalized spacial score (nSPS) is 17.9. The molecule has 116 valence electrons. The van der Waals surface area contributed by atoms with E-state index in [4.69, 9.17) is 9.47 Å². The number of fused-ring (bicyclic) bond motifs is 2. The van der Waals surface area contributed by atoms with Gasteiger partial charge >= 0.3 is 5.97 Å². The molecule has 0 spiro atoms. The van der Waals surface area contributed by atoms with Crippen LogP contribution in [0.25, 0.3) is 0 Å². The van der Waals surface area contributed by atoms with Crippen LogP contribution in [0.4, 0.5) is 5.69 Å². The van der Waals surface area contributed by atoms with E-state index in [1.165, 1.54) is 4.90 Å². The van der Waals surface area contributed by atoms with Crippen LogP contribution < -0.4 is 14.4 Å². The van der Waals surface area contributed by atoms with Crippen molar-refractivity contribution in [1.82, 2.24) is 0 Å². The second-order valence-electron chi connectivity index (χ2n) is 5.43. The lowest BCUT2D eigenvalue weighted by molar-refractivity contribution is -0.138. The van der Waals surface area contributed by atoms with Gasteiger partial charge in [0.05, 0.1) is 0 Å². The van der Waals surface area contributed by atoms with Crippen molar-refractivity contribution in [2.75, 3.05) is 18.2 Å². The minimum absolute atomic E-state index is 0.127. The van der Waals surface area contributed by atoms with E-state index >= 15 is 0 Å². The molecule has 2 heterocycles. The molecule has 0 radical (unpaired) electrons. The summed E-state index contributed by atoms with van der Waals surface area (Å²) in [5, 5.41) is 9.38. The maximum Gasteiger partial charge on any atom is 0.312 e. The van der Waals surface area contributed by atoms with E-state index in [1.807, 2.05) is 0 Å². The maximum atomic E-state index is 12.8. The highest BCUT2D eigenvalue weighted by Crippen LogP contribution is 2.38. The Balaban J connectivity index is 1.71. The first-order valence-electron chi connectivity index (χ1n) is 7.18. The predicted octanol–water partition coefficient (Wildman–Crippen LogP) is 2.24. The van der Waals surface area contributed by atoms with Crippen molar-refractivity contribution in [3.05, 3.63) is 53.6 Å². The summed E-state index contributed by atoms with van der Waals surface area (Å²) in [5.41, 5.74) is 1.74. The third kappa shape index (κ3) is 2.11. The smallest absolute Gasteiger partial charge is 0.312 e. The average molecular weight is 311 g/mol. The highest BCUT2D eigenvalue weighted by Gasteiger charge is 2.36. The van der Waals surface area contributed by atoms with Crippen molar-refractivity contribution >= 4 is 17.6 Å². The van der Waals surface area contributed by atoms with E-state index in [0.717, 1.165) is 0 Å². The molecule has 0 aliphatic carbocycles. The second-order valence-corrected chi connectivity index (χ2v) is 5.43. The zero-order chi connectivity index (χ0) is 16.0. The molecule has 1 atom stereocenters. The fourth-order valence-corrected chi connectivity index (χ4v) is 3.00. The van der Waals surface area contributed by atoms with Crippen molar-refractivity contribution in [1.29, 1.82) is 0 Å². The summed E-state index contributed by atoms with van der Waals surface area (Å²) in [4.78, 5) is 25.8. The van der Waals surface area contributed by atoms with E-state index in [2.05, 4.69) is 0 Å². The van der Waals surface area contributed by atoms with Crippen LogP contribution in [-0.2, 0) is 4.79 Å². The average Bonchev–Trinajstić information content (AvgIpc) is 3.18. The lowest BCUT2D eigenvalue weighted by Gasteiger charge is -2.17. The first kappa shape index (κ1) is 13.6. The van der Waals surface area contributed by atoms with Crippen molar-refractivity contribution in [2.24, 2.45) is 0 Å². The summed E-state index contributed by atoms with van der Waals surface area (Å²) in [6.07, 6.45) is 0. The summed E-state index contributed by atoms with van der Waals surface area (Å²) in [6, 6.07) is 12.1. The van der Waals surface area contributed by atoms with E-state index < -0.39 is 11.9 Å². The summed E-state index contributed by atoms with van der Waals surface area (Å²) in [7, 11) is 0. The molecule has 0 aromatic heterocycles. The van der Waals surface area contributed by atoms with Gasteiger partial charge in [0.25, 0.3) is 5.91 Å². The Kier molecular flexibility index (Phi) is 2.97. The molecule has 2 aromatic rings. The lowest BCUT2D eigenvalue weighted by Crippen LogP contribution is -2.31. The van der Waals surface area contributed by atoms with Gasteiger partial charge in [0, 0.05) is 17.8 Å². The highest BCUT2D eigenvalue weighted by molar-refractivity contribution is 6.09. The van der Waals surface area contributed by atoms with Crippen molar-refractivity contribution in [3.63, 3.8) is 0 Å². The Bertz CT molecular complexity index is 816. The molecule has 2 aliphatic rings. The lowest BCUT2D eigenvalue weighted by atomic mass is 10.0. The topological polar surface area (TPSA) is 76.1 Å². The summed E-state index contributed by atoms with van der Waals surface area (Å²) in [5.74, 6) is -0.757. The van der Waals surface area contributed by atoms with Gasteiger partial charge in [-0.25, -0.2) is 0 Å². The van der Waals surface area contributed by atoms with Gasteiger partial charge < -0.3 is 19.5 Å². The first-order valence-corrected chi connectivity index (χ1v) is 7.18. The molecule has 4 rings (SSSR count). The van der Waals surface area contributed by atoms with Crippen LogP contribution in [0.15, 0.2) is 42.5 Å². The van der Waals surface area contributed by atoms with E-state index in [9.17, 15) is 14.7 Å². The highest BCUT2D eigenvalue weighted by atomic mass is 16.7. The number of amides is 1. The van der Waals surface area contributed by atoms with Crippen LogP contribution in [0.3, 0.4) is 0 Å². The number of rotatable bonds is 2. The Labute approximate surface area is 131 Å². The van der Waals surface area contributed by atoms with Crippen molar-refractivity contribution in [2.45, 2.75) is 5.92 Å². The Morgan fingerprint density at radius 3 is 2.70 bits per heavy atom. The third-order valence-electron chi connectivity index (χ3n) is 4.13. The maximum absolute atomic E-state index is 12.8. The molecule has 1 N–H and O–H groups in total. The second kappa shape index (κ2) is 5.01. The Morgan fingerprint density at radius 1 is 1.09 bits per heavy atom. The van der Waals surface area contributed by atoms with Crippen LogP contribution >= 0.6 is 0 Å². The van der Waals surface area contributed by atoms with Crippen LogP contribution in [0.2, 0.25) is 0 Å². The standard InChI is InChI=1S/C17H13NO5/c19-16(10-5-6-14-15(7-10)23-9-22-14)18-8-12(17(20)21)11-3-1-2-4-13(11)18/h1-7,12H,8-9H2,(H,20,21)/t12-/m1/s1. The van der Waals surface area contributed by atoms with Gasteiger partial charge in [-0.2, -0.15) is 0 Å². The molecular formula is C17H13NO5. The minimum atomic E-state index is -0.932. The molecule has 1 amide bonds. The number of carbonyl (C=O) groups is 2. The molecular weight excluding hydrogens is 298 g/mol. The van der Waals surface area contributed by atoms with Gasteiger partial charge in [-0.05, 0) is 29.8 Å². The number of carboxylic acids is 1. The number of nitrogens with zero attached hydrogens (tertiary/aromatic N) is 1. The molecule has 23 heavy (non-hydrogen) atoms. The number of ether oxygens (including phenoxy) is 2. The van der Waals surface area contributed by atoms with Crippen LogP contribution in [0.5, 0.6) is 11.5 Å². The van der Waals surface area contributed by atoms with Gasteiger partial charge in [0.1, 0.15) is 5.92 Å². The SMILES string of the molecule is O=C(O)[C@@H]1CN(C(=O)c2ccc3c(c2)OCO3)c2ccccc21. The van der Waals surface area contributed by atoms with Gasteiger partial charge in [0.15, 0.2) is 11.5 Å². The summed E-state index contributed by atoms with van der Waals surface area (Å²) < 4.78 is 10.5. The molecule has 2 aromatic carbocycles. The van der Waals surface area contributed by atoms with Gasteiger partial charge in [-0.15, -0.1) is 0 Å². The quantitative estimate of drug-likeness (QED) is 0.920. The minimum Gasteiger partial charge on any atom is -0.481 e. The molecule has 6 nitrogen and oxygen atoms in total. The molecule has 2 aliphatic heterocycles. The predicted molar refractivity (Wildman–Crippen MR) is 81.1 cm³/mol. The monoisotopic (exact) mass is 311 g/mol. The number of benzene rings is 2. The molecule has 0 saturated carbocycles. The Morgan fingerprint density at radius 2 is 1.87 bits per heavy atom. The number of anilines is 1. The first-order chi connectivity index (χ1) is 11.1. The number of carbonyl (C=O) groups excluding carboxylic acids is 1. The fourth-order valence-electron chi connectivity index (χ4n) is 3.00. The van der Waals surface area contributed by atoms with E-state index in [0.29, 0.717) is 28.3 Å². The number of hydrogen-bond donors (Lipinski definition) is 1. The molecule has 0 bridgehead atoms. The van der Waals surface area contributed by atoms with E-state index in [1.54, 1.807) is 42.5 Å². The largest absolute Gasteiger partial charge is 0.481 e. The molecule has 0 unspecified atom stereocenters. The number of aliphatic carboxylic acids is 1. The van der Waals surface area contributed by atoms with Gasteiger partial charge in [-0.1, -0.05) is 18.2 Å². The number of hydrogen-bond acceptors (Lipinski definition) is 4.